The Morgan fingerprint density at radius 2 is 2.38 bits per heavy atom. The lowest BCUT2D eigenvalue weighted by Gasteiger charge is -2.03. The largest absolute Gasteiger partial charge is 0.478 e. The van der Waals surface area contributed by atoms with Gasteiger partial charge in [0.05, 0.1) is 17.4 Å². The molecule has 2 heterocycles. The molecule has 0 saturated heterocycles. The fourth-order valence-corrected chi connectivity index (χ4v) is 1.32. The molecular formula is C10H11N3O3. The first-order chi connectivity index (χ1) is 7.61. The zero-order valence-electron chi connectivity index (χ0n) is 8.91. The molecule has 0 aromatic carbocycles. The Kier molecular flexibility index (Phi) is 2.57. The molecule has 2 rings (SSSR count). The molecule has 2 aromatic rings. The highest BCUT2D eigenvalue weighted by molar-refractivity contribution is 5.87. The quantitative estimate of drug-likeness (QED) is 0.840. The van der Waals surface area contributed by atoms with Gasteiger partial charge in [-0.2, -0.15) is 5.10 Å². The standard InChI is InChI=1S/C10H11N3O3/c1-6(16-2)8-3-9-11-4-7(10(14)15)5-13(9)12-8/h3-6H,1-2H3,(H,14,15)/t6-/m0/s1. The van der Waals surface area contributed by atoms with Gasteiger partial charge in [-0.1, -0.05) is 0 Å². The van der Waals surface area contributed by atoms with E-state index < -0.39 is 5.97 Å². The highest BCUT2D eigenvalue weighted by Crippen LogP contribution is 2.15. The van der Waals surface area contributed by atoms with Gasteiger partial charge in [-0.25, -0.2) is 14.3 Å². The van der Waals surface area contributed by atoms with Gasteiger partial charge in [-0.3, -0.25) is 0 Å². The van der Waals surface area contributed by atoms with Crippen molar-refractivity contribution < 1.29 is 14.6 Å². The molecule has 6 heteroatoms. The summed E-state index contributed by atoms with van der Waals surface area (Å²) >= 11 is 0. The van der Waals surface area contributed by atoms with Crippen LogP contribution in [0.2, 0.25) is 0 Å². The summed E-state index contributed by atoms with van der Waals surface area (Å²) in [5.41, 5.74) is 1.42. The number of hydrogen-bond acceptors (Lipinski definition) is 4. The van der Waals surface area contributed by atoms with Gasteiger partial charge in [0, 0.05) is 25.6 Å². The highest BCUT2D eigenvalue weighted by atomic mass is 16.5. The Morgan fingerprint density at radius 3 is 3.00 bits per heavy atom. The van der Waals surface area contributed by atoms with E-state index >= 15 is 0 Å². The lowest BCUT2D eigenvalue weighted by atomic mass is 10.3. The van der Waals surface area contributed by atoms with E-state index in [1.165, 1.54) is 16.9 Å². The van der Waals surface area contributed by atoms with Crippen molar-refractivity contribution in [3.8, 4) is 0 Å². The lowest BCUT2D eigenvalue weighted by Crippen LogP contribution is -2.01. The van der Waals surface area contributed by atoms with E-state index in [2.05, 4.69) is 10.1 Å². The predicted molar refractivity (Wildman–Crippen MR) is 55.4 cm³/mol. The second kappa shape index (κ2) is 3.90. The van der Waals surface area contributed by atoms with Crippen LogP contribution < -0.4 is 0 Å². The molecular weight excluding hydrogens is 210 g/mol. The molecule has 0 amide bonds. The van der Waals surface area contributed by atoms with Crippen LogP contribution in [-0.2, 0) is 4.74 Å². The summed E-state index contributed by atoms with van der Waals surface area (Å²) in [5.74, 6) is -1.02. The van der Waals surface area contributed by atoms with E-state index in [1.807, 2.05) is 6.92 Å². The first-order valence-electron chi connectivity index (χ1n) is 4.73. The molecule has 0 spiro atoms. The molecule has 16 heavy (non-hydrogen) atoms. The molecule has 0 aliphatic rings. The minimum atomic E-state index is -1.02. The van der Waals surface area contributed by atoms with Gasteiger partial charge in [0.25, 0.3) is 0 Å². The average Bonchev–Trinajstić information content (AvgIpc) is 2.70. The minimum absolute atomic E-state index is 0.104. The van der Waals surface area contributed by atoms with Crippen molar-refractivity contribution in [3.05, 3.63) is 29.7 Å². The molecule has 0 radical (unpaired) electrons. The number of rotatable bonds is 3. The maximum absolute atomic E-state index is 10.7. The number of aromatic carboxylic acids is 1. The van der Waals surface area contributed by atoms with Crippen molar-refractivity contribution in [2.45, 2.75) is 13.0 Å². The maximum Gasteiger partial charge on any atom is 0.338 e. The molecule has 0 fully saturated rings. The third-order valence-electron chi connectivity index (χ3n) is 2.35. The number of nitrogens with zero attached hydrogens (tertiary/aromatic N) is 3. The predicted octanol–water partition coefficient (Wildman–Crippen LogP) is 1.13. The third-order valence-corrected chi connectivity index (χ3v) is 2.35. The number of carboxylic acids is 1. The van der Waals surface area contributed by atoms with E-state index in [1.54, 1.807) is 13.2 Å². The van der Waals surface area contributed by atoms with Crippen LogP contribution in [-0.4, -0.2) is 32.8 Å². The smallest absolute Gasteiger partial charge is 0.338 e. The van der Waals surface area contributed by atoms with Crippen LogP contribution in [0.25, 0.3) is 5.65 Å². The minimum Gasteiger partial charge on any atom is -0.478 e. The number of carbonyl (C=O) groups is 1. The fraction of sp³-hybridized carbons (Fsp3) is 0.300. The molecule has 0 saturated carbocycles. The topological polar surface area (TPSA) is 76.7 Å². The van der Waals surface area contributed by atoms with Crippen molar-refractivity contribution in [1.29, 1.82) is 0 Å². The molecule has 0 bridgehead atoms. The molecule has 1 N–H and O–H groups in total. The molecule has 0 aliphatic carbocycles. The summed E-state index contributed by atoms with van der Waals surface area (Å²) in [6.45, 7) is 1.86. The molecule has 6 nitrogen and oxygen atoms in total. The van der Waals surface area contributed by atoms with Crippen LogP contribution in [0.1, 0.15) is 29.1 Å². The fourth-order valence-electron chi connectivity index (χ4n) is 1.32. The number of methoxy groups -OCH3 is 1. The van der Waals surface area contributed by atoms with Crippen molar-refractivity contribution in [1.82, 2.24) is 14.6 Å². The lowest BCUT2D eigenvalue weighted by molar-refractivity contribution is 0.0695. The third kappa shape index (κ3) is 1.74. The Bertz CT molecular complexity index is 535. The van der Waals surface area contributed by atoms with Crippen LogP contribution >= 0.6 is 0 Å². The maximum atomic E-state index is 10.7. The Morgan fingerprint density at radius 1 is 1.62 bits per heavy atom. The van der Waals surface area contributed by atoms with Gasteiger partial charge in [-0.15, -0.1) is 0 Å². The van der Waals surface area contributed by atoms with Gasteiger partial charge >= 0.3 is 5.97 Å². The van der Waals surface area contributed by atoms with Crippen molar-refractivity contribution >= 4 is 11.6 Å². The van der Waals surface area contributed by atoms with Crippen molar-refractivity contribution in [2.75, 3.05) is 7.11 Å². The zero-order valence-corrected chi connectivity index (χ0v) is 8.91. The van der Waals surface area contributed by atoms with Crippen LogP contribution in [0.3, 0.4) is 0 Å². The summed E-state index contributed by atoms with van der Waals surface area (Å²) in [5, 5.41) is 13.0. The number of fused-ring (bicyclic) bond motifs is 1. The van der Waals surface area contributed by atoms with Gasteiger partial charge in [0.15, 0.2) is 5.65 Å². The number of ether oxygens (including phenoxy) is 1. The molecule has 2 aromatic heterocycles. The molecule has 84 valence electrons. The molecule has 0 aliphatic heterocycles. The summed E-state index contributed by atoms with van der Waals surface area (Å²) in [7, 11) is 1.59. The SMILES string of the molecule is CO[C@@H](C)c1cc2ncc(C(=O)O)cn2n1. The van der Waals surface area contributed by atoms with E-state index in [9.17, 15) is 4.79 Å². The molecule has 1 atom stereocenters. The summed E-state index contributed by atoms with van der Waals surface area (Å²) < 4.78 is 6.56. The Labute approximate surface area is 91.5 Å². The van der Waals surface area contributed by atoms with Crippen molar-refractivity contribution in [3.63, 3.8) is 0 Å². The Balaban J connectivity index is 2.49. The number of hydrogen-bond donors (Lipinski definition) is 1. The van der Waals surface area contributed by atoms with Gasteiger partial charge in [0.2, 0.25) is 0 Å². The number of aromatic nitrogens is 3. The van der Waals surface area contributed by atoms with Crippen LogP contribution in [0.15, 0.2) is 18.5 Å². The first-order valence-corrected chi connectivity index (χ1v) is 4.73. The zero-order chi connectivity index (χ0) is 11.7. The highest BCUT2D eigenvalue weighted by Gasteiger charge is 2.11. The van der Waals surface area contributed by atoms with E-state index in [4.69, 9.17) is 9.84 Å². The van der Waals surface area contributed by atoms with E-state index in [0.29, 0.717) is 5.65 Å². The van der Waals surface area contributed by atoms with E-state index in [0.717, 1.165) is 5.69 Å². The van der Waals surface area contributed by atoms with Crippen molar-refractivity contribution in [2.24, 2.45) is 0 Å². The van der Waals surface area contributed by atoms with Gasteiger partial charge in [-0.05, 0) is 6.92 Å². The van der Waals surface area contributed by atoms with Gasteiger partial charge < -0.3 is 9.84 Å². The van der Waals surface area contributed by atoms with Gasteiger partial charge in [0.1, 0.15) is 0 Å². The monoisotopic (exact) mass is 221 g/mol. The normalized spacial score (nSPS) is 12.9. The first kappa shape index (κ1) is 10.6. The molecule has 0 unspecified atom stereocenters. The second-order valence-electron chi connectivity index (χ2n) is 3.40. The summed E-state index contributed by atoms with van der Waals surface area (Å²) in [6.07, 6.45) is 2.59. The van der Waals surface area contributed by atoms with Crippen LogP contribution in [0.4, 0.5) is 0 Å². The van der Waals surface area contributed by atoms with E-state index in [-0.39, 0.29) is 11.7 Å². The second-order valence-corrected chi connectivity index (χ2v) is 3.40. The summed E-state index contributed by atoms with van der Waals surface area (Å²) in [6, 6.07) is 1.76. The van der Waals surface area contributed by atoms with Crippen LogP contribution in [0.5, 0.6) is 0 Å². The number of carboxylic acid groups (broad SMARTS) is 1. The summed E-state index contributed by atoms with van der Waals surface area (Å²) in [4.78, 5) is 14.7. The average molecular weight is 221 g/mol. The van der Waals surface area contributed by atoms with Crippen LogP contribution in [0, 0.1) is 0 Å². The Hall–Kier alpha value is -1.95.